The van der Waals surface area contributed by atoms with Crippen molar-refractivity contribution < 1.29 is 14.3 Å². The van der Waals surface area contributed by atoms with Crippen LogP contribution in [0, 0.1) is 6.92 Å². The quantitative estimate of drug-likeness (QED) is 0.942. The van der Waals surface area contributed by atoms with Gasteiger partial charge in [0.2, 0.25) is 6.79 Å². The Morgan fingerprint density at radius 1 is 1.41 bits per heavy atom. The minimum atomic E-state index is -0.144. The first-order chi connectivity index (χ1) is 10.6. The van der Waals surface area contributed by atoms with E-state index in [1.807, 2.05) is 31.6 Å². The van der Waals surface area contributed by atoms with Gasteiger partial charge in [-0.2, -0.15) is 5.10 Å². The molecule has 1 aromatic carbocycles. The zero-order chi connectivity index (χ0) is 15.7. The van der Waals surface area contributed by atoms with Crippen LogP contribution in [-0.4, -0.2) is 22.5 Å². The molecule has 116 valence electrons. The first-order valence-corrected chi connectivity index (χ1v) is 7.33. The molecular weight excluding hydrogens is 282 g/mol. The molecule has 0 aliphatic carbocycles. The molecule has 0 bridgehead atoms. The van der Waals surface area contributed by atoms with Crippen LogP contribution in [0.3, 0.4) is 0 Å². The summed E-state index contributed by atoms with van der Waals surface area (Å²) in [5, 5.41) is 7.30. The fourth-order valence-electron chi connectivity index (χ4n) is 2.60. The molecule has 2 aromatic rings. The number of amides is 1. The lowest BCUT2D eigenvalue weighted by Crippen LogP contribution is -2.26. The molecule has 1 unspecified atom stereocenters. The number of carbonyl (C=O) groups is 1. The first kappa shape index (κ1) is 14.4. The van der Waals surface area contributed by atoms with Crippen LogP contribution >= 0.6 is 0 Å². The van der Waals surface area contributed by atoms with E-state index in [-0.39, 0.29) is 18.7 Å². The van der Waals surface area contributed by atoms with Gasteiger partial charge >= 0.3 is 0 Å². The van der Waals surface area contributed by atoms with Crippen LogP contribution in [0.2, 0.25) is 0 Å². The highest BCUT2D eigenvalue weighted by atomic mass is 16.7. The van der Waals surface area contributed by atoms with E-state index in [1.165, 1.54) is 0 Å². The third kappa shape index (κ3) is 2.52. The number of benzene rings is 1. The number of aryl methyl sites for hydroxylation is 1. The highest BCUT2D eigenvalue weighted by molar-refractivity contribution is 5.95. The summed E-state index contributed by atoms with van der Waals surface area (Å²) in [5.74, 6) is 1.13. The molecule has 3 rings (SSSR count). The predicted molar refractivity (Wildman–Crippen MR) is 81.1 cm³/mol. The number of hydrogen-bond acceptors (Lipinski definition) is 4. The molecule has 1 atom stereocenters. The van der Waals surface area contributed by atoms with Crippen molar-refractivity contribution in [3.05, 3.63) is 41.2 Å². The van der Waals surface area contributed by atoms with Crippen molar-refractivity contribution in [2.45, 2.75) is 33.4 Å². The Morgan fingerprint density at radius 2 is 2.18 bits per heavy atom. The van der Waals surface area contributed by atoms with Crippen molar-refractivity contribution in [3.8, 4) is 11.5 Å². The normalized spacial score (nSPS) is 14.0. The third-order valence-corrected chi connectivity index (χ3v) is 3.89. The highest BCUT2D eigenvalue weighted by Gasteiger charge is 2.19. The Hall–Kier alpha value is -2.50. The average Bonchev–Trinajstić information content (AvgIpc) is 3.12. The summed E-state index contributed by atoms with van der Waals surface area (Å²) in [6.45, 7) is 7.02. The van der Waals surface area contributed by atoms with Crippen LogP contribution < -0.4 is 14.8 Å². The fraction of sp³-hybridized carbons (Fsp3) is 0.375. The molecule has 6 nitrogen and oxygen atoms in total. The molecule has 0 fully saturated rings. The van der Waals surface area contributed by atoms with E-state index in [9.17, 15) is 4.79 Å². The standard InChI is InChI=1S/C16H19N3O3/c1-4-19-11(3)13(8-17-19)10(2)18-16(20)12-5-6-14-15(7-12)22-9-21-14/h5-8,10H,4,9H2,1-3H3,(H,18,20). The molecule has 1 N–H and O–H groups in total. The van der Waals surface area contributed by atoms with Crippen LogP contribution in [0.15, 0.2) is 24.4 Å². The number of aromatic nitrogens is 2. The molecule has 0 radical (unpaired) electrons. The van der Waals surface area contributed by atoms with Crippen molar-refractivity contribution in [2.24, 2.45) is 0 Å². The topological polar surface area (TPSA) is 65.4 Å². The van der Waals surface area contributed by atoms with E-state index in [0.717, 1.165) is 17.8 Å². The SMILES string of the molecule is CCn1ncc(C(C)NC(=O)c2ccc3c(c2)OCO3)c1C. The fourth-order valence-corrected chi connectivity index (χ4v) is 2.60. The predicted octanol–water partition coefficient (Wildman–Crippen LogP) is 2.43. The maximum Gasteiger partial charge on any atom is 0.251 e. The monoisotopic (exact) mass is 301 g/mol. The second kappa shape index (κ2) is 5.71. The van der Waals surface area contributed by atoms with Gasteiger partial charge < -0.3 is 14.8 Å². The summed E-state index contributed by atoms with van der Waals surface area (Å²) in [6, 6.07) is 5.07. The van der Waals surface area contributed by atoms with Crippen LogP contribution in [-0.2, 0) is 6.54 Å². The number of ether oxygens (including phenoxy) is 2. The molecule has 0 spiro atoms. The van der Waals surface area contributed by atoms with E-state index < -0.39 is 0 Å². The number of hydrogen-bond donors (Lipinski definition) is 1. The van der Waals surface area contributed by atoms with Crippen molar-refractivity contribution >= 4 is 5.91 Å². The van der Waals surface area contributed by atoms with Gasteiger partial charge in [0.05, 0.1) is 12.2 Å². The smallest absolute Gasteiger partial charge is 0.251 e. The van der Waals surface area contributed by atoms with Crippen LogP contribution in [0.5, 0.6) is 11.5 Å². The lowest BCUT2D eigenvalue weighted by atomic mass is 10.1. The number of carbonyl (C=O) groups excluding carboxylic acids is 1. The zero-order valence-corrected chi connectivity index (χ0v) is 12.9. The Morgan fingerprint density at radius 3 is 2.91 bits per heavy atom. The lowest BCUT2D eigenvalue weighted by molar-refractivity contribution is 0.0939. The molecule has 22 heavy (non-hydrogen) atoms. The largest absolute Gasteiger partial charge is 0.454 e. The molecule has 0 saturated heterocycles. The van der Waals surface area contributed by atoms with Gasteiger partial charge in [0.25, 0.3) is 5.91 Å². The summed E-state index contributed by atoms with van der Waals surface area (Å²) in [7, 11) is 0. The third-order valence-electron chi connectivity index (χ3n) is 3.89. The van der Waals surface area contributed by atoms with Crippen molar-refractivity contribution in [3.63, 3.8) is 0 Å². The Balaban J connectivity index is 1.74. The molecule has 6 heteroatoms. The summed E-state index contributed by atoms with van der Waals surface area (Å²) >= 11 is 0. The van der Waals surface area contributed by atoms with Crippen molar-refractivity contribution in [2.75, 3.05) is 6.79 Å². The molecular formula is C16H19N3O3. The minimum Gasteiger partial charge on any atom is -0.454 e. The van der Waals surface area contributed by atoms with Gasteiger partial charge in [-0.3, -0.25) is 9.48 Å². The van der Waals surface area contributed by atoms with Crippen LogP contribution in [0.25, 0.3) is 0 Å². The van der Waals surface area contributed by atoms with E-state index in [2.05, 4.69) is 10.4 Å². The second-order valence-electron chi connectivity index (χ2n) is 5.26. The van der Waals surface area contributed by atoms with E-state index in [4.69, 9.17) is 9.47 Å². The number of nitrogens with one attached hydrogen (secondary N) is 1. The van der Waals surface area contributed by atoms with E-state index in [1.54, 1.807) is 18.2 Å². The maximum atomic E-state index is 12.4. The van der Waals surface area contributed by atoms with Crippen molar-refractivity contribution in [1.82, 2.24) is 15.1 Å². The van der Waals surface area contributed by atoms with E-state index >= 15 is 0 Å². The highest BCUT2D eigenvalue weighted by Crippen LogP contribution is 2.32. The van der Waals surface area contributed by atoms with Gasteiger partial charge in [0.15, 0.2) is 11.5 Å². The summed E-state index contributed by atoms with van der Waals surface area (Å²) in [6.07, 6.45) is 1.81. The van der Waals surface area contributed by atoms with Gasteiger partial charge in [-0.1, -0.05) is 0 Å². The number of fused-ring (bicyclic) bond motifs is 1. The molecule has 1 aromatic heterocycles. The zero-order valence-electron chi connectivity index (χ0n) is 12.9. The first-order valence-electron chi connectivity index (χ1n) is 7.33. The number of nitrogens with zero attached hydrogens (tertiary/aromatic N) is 2. The molecule has 1 aliphatic rings. The summed E-state index contributed by atoms with van der Waals surface area (Å²) < 4.78 is 12.5. The Kier molecular flexibility index (Phi) is 3.75. The number of rotatable bonds is 4. The lowest BCUT2D eigenvalue weighted by Gasteiger charge is -2.14. The Bertz CT molecular complexity index is 709. The van der Waals surface area contributed by atoms with Gasteiger partial charge in [-0.05, 0) is 39.0 Å². The maximum absolute atomic E-state index is 12.4. The van der Waals surface area contributed by atoms with Crippen LogP contribution in [0.1, 0.15) is 41.5 Å². The van der Waals surface area contributed by atoms with Gasteiger partial charge in [0, 0.05) is 23.4 Å². The second-order valence-corrected chi connectivity index (χ2v) is 5.26. The minimum absolute atomic E-state index is 0.113. The summed E-state index contributed by atoms with van der Waals surface area (Å²) in [5.41, 5.74) is 2.65. The Labute approximate surface area is 129 Å². The molecule has 2 heterocycles. The van der Waals surface area contributed by atoms with Gasteiger partial charge in [0.1, 0.15) is 0 Å². The van der Waals surface area contributed by atoms with E-state index in [0.29, 0.717) is 17.1 Å². The van der Waals surface area contributed by atoms with Gasteiger partial charge in [-0.15, -0.1) is 0 Å². The summed E-state index contributed by atoms with van der Waals surface area (Å²) in [4.78, 5) is 12.4. The van der Waals surface area contributed by atoms with Gasteiger partial charge in [-0.25, -0.2) is 0 Å². The molecule has 1 aliphatic heterocycles. The molecule has 0 saturated carbocycles. The average molecular weight is 301 g/mol. The van der Waals surface area contributed by atoms with Crippen molar-refractivity contribution in [1.29, 1.82) is 0 Å². The van der Waals surface area contributed by atoms with Crippen LogP contribution in [0.4, 0.5) is 0 Å². The molecule has 1 amide bonds.